The van der Waals surface area contributed by atoms with Crippen molar-refractivity contribution >= 4 is 11.3 Å². The fraction of sp³-hybridized carbons (Fsp3) is 0.125. The molecular weight excluding hydrogens is 248 g/mol. The molecule has 0 atom stereocenters. The Bertz CT molecular complexity index is 930. The molecule has 0 fully saturated rings. The number of pyridine rings is 2. The molecular formula is C16H14N4. The van der Waals surface area contributed by atoms with E-state index < -0.39 is 0 Å². The van der Waals surface area contributed by atoms with E-state index in [4.69, 9.17) is 4.98 Å². The summed E-state index contributed by atoms with van der Waals surface area (Å²) in [4.78, 5) is 9.23. The van der Waals surface area contributed by atoms with Gasteiger partial charge in [-0.15, -0.1) is 0 Å². The molecule has 4 heterocycles. The Labute approximate surface area is 116 Å². The molecule has 0 aliphatic heterocycles. The van der Waals surface area contributed by atoms with Crippen LogP contribution in [0.2, 0.25) is 0 Å². The van der Waals surface area contributed by atoms with Crippen molar-refractivity contribution in [2.45, 2.75) is 13.8 Å². The number of nitrogens with zero attached hydrogens (tertiary/aromatic N) is 4. The second-order valence-electron chi connectivity index (χ2n) is 5.04. The minimum absolute atomic E-state index is 0.955. The molecule has 0 bridgehead atoms. The summed E-state index contributed by atoms with van der Waals surface area (Å²) < 4.78 is 4.14. The Hall–Kier alpha value is -2.62. The van der Waals surface area contributed by atoms with Crippen LogP contribution in [0, 0.1) is 13.8 Å². The highest BCUT2D eigenvalue weighted by Crippen LogP contribution is 2.24. The Morgan fingerprint density at radius 3 is 2.70 bits per heavy atom. The van der Waals surface area contributed by atoms with Crippen molar-refractivity contribution in [3.8, 4) is 11.3 Å². The lowest BCUT2D eigenvalue weighted by Crippen LogP contribution is -1.88. The molecule has 0 unspecified atom stereocenters. The number of hydrogen-bond acceptors (Lipinski definition) is 2. The Balaban J connectivity index is 1.97. The normalized spacial score (nSPS) is 11.5. The Kier molecular flexibility index (Phi) is 2.21. The topological polar surface area (TPSA) is 34.6 Å². The standard InChI is InChI=1S/C16H14N4/c1-11-10-19-8-6-13(9-15(19)17-11)16-12(2)20-7-4-3-5-14(20)18-16/h3-10H,1-2H3. The van der Waals surface area contributed by atoms with Gasteiger partial charge in [0, 0.05) is 29.8 Å². The second kappa shape index (κ2) is 3.93. The summed E-state index contributed by atoms with van der Waals surface area (Å²) in [5.41, 5.74) is 6.21. The Morgan fingerprint density at radius 1 is 0.950 bits per heavy atom. The van der Waals surface area contributed by atoms with Crippen LogP contribution in [0.1, 0.15) is 11.4 Å². The molecule has 4 heteroatoms. The molecule has 0 spiro atoms. The molecule has 0 aliphatic rings. The maximum atomic E-state index is 4.72. The number of aryl methyl sites for hydroxylation is 2. The first-order valence-corrected chi connectivity index (χ1v) is 6.62. The van der Waals surface area contributed by atoms with Gasteiger partial charge in [0.25, 0.3) is 0 Å². The van der Waals surface area contributed by atoms with Gasteiger partial charge in [0.15, 0.2) is 0 Å². The summed E-state index contributed by atoms with van der Waals surface area (Å²) in [5, 5.41) is 0. The van der Waals surface area contributed by atoms with E-state index in [1.165, 1.54) is 0 Å². The summed E-state index contributed by atoms with van der Waals surface area (Å²) in [6.07, 6.45) is 6.10. The van der Waals surface area contributed by atoms with Crippen LogP contribution in [0.5, 0.6) is 0 Å². The molecule has 0 aliphatic carbocycles. The van der Waals surface area contributed by atoms with E-state index in [0.717, 1.165) is 33.9 Å². The molecule has 0 saturated heterocycles. The van der Waals surface area contributed by atoms with Gasteiger partial charge >= 0.3 is 0 Å². The average molecular weight is 262 g/mol. The lowest BCUT2D eigenvalue weighted by atomic mass is 10.1. The SMILES string of the molecule is Cc1cn2ccc(-c3nc4ccccn4c3C)cc2n1. The molecule has 4 nitrogen and oxygen atoms in total. The van der Waals surface area contributed by atoms with Crippen molar-refractivity contribution in [2.24, 2.45) is 0 Å². The summed E-state index contributed by atoms with van der Waals surface area (Å²) >= 11 is 0. The maximum Gasteiger partial charge on any atom is 0.137 e. The maximum absolute atomic E-state index is 4.72. The van der Waals surface area contributed by atoms with Crippen LogP contribution in [0.4, 0.5) is 0 Å². The van der Waals surface area contributed by atoms with Crippen LogP contribution < -0.4 is 0 Å². The summed E-state index contributed by atoms with van der Waals surface area (Å²) in [6, 6.07) is 10.2. The number of aromatic nitrogens is 4. The average Bonchev–Trinajstić information content (AvgIpc) is 2.98. The number of fused-ring (bicyclic) bond motifs is 2. The number of imidazole rings is 2. The van der Waals surface area contributed by atoms with Gasteiger partial charge in [0.05, 0.1) is 11.4 Å². The summed E-state index contributed by atoms with van der Waals surface area (Å²) in [7, 11) is 0. The van der Waals surface area contributed by atoms with Gasteiger partial charge in [-0.25, -0.2) is 9.97 Å². The molecule has 0 N–H and O–H groups in total. The second-order valence-corrected chi connectivity index (χ2v) is 5.04. The lowest BCUT2D eigenvalue weighted by Gasteiger charge is -2.00. The zero-order valence-electron chi connectivity index (χ0n) is 11.4. The van der Waals surface area contributed by atoms with E-state index in [2.05, 4.69) is 28.4 Å². The van der Waals surface area contributed by atoms with Gasteiger partial charge in [-0.2, -0.15) is 0 Å². The minimum atomic E-state index is 0.955. The molecule has 0 amide bonds. The first kappa shape index (κ1) is 11.2. The lowest BCUT2D eigenvalue weighted by molar-refractivity contribution is 1.11. The molecule has 98 valence electrons. The third kappa shape index (κ3) is 1.54. The monoisotopic (exact) mass is 262 g/mol. The predicted octanol–water partition coefficient (Wildman–Crippen LogP) is 3.27. The zero-order chi connectivity index (χ0) is 13.7. The molecule has 4 rings (SSSR count). The van der Waals surface area contributed by atoms with Gasteiger partial charge in [-0.3, -0.25) is 0 Å². The van der Waals surface area contributed by atoms with E-state index in [9.17, 15) is 0 Å². The fourth-order valence-corrected chi connectivity index (χ4v) is 2.65. The zero-order valence-corrected chi connectivity index (χ0v) is 11.4. The number of hydrogen-bond donors (Lipinski definition) is 0. The van der Waals surface area contributed by atoms with E-state index in [1.807, 2.05) is 48.1 Å². The highest BCUT2D eigenvalue weighted by molar-refractivity contribution is 5.69. The molecule has 0 radical (unpaired) electrons. The highest BCUT2D eigenvalue weighted by Gasteiger charge is 2.10. The minimum Gasteiger partial charge on any atom is -0.307 e. The quantitative estimate of drug-likeness (QED) is 0.527. The van der Waals surface area contributed by atoms with Crippen molar-refractivity contribution in [1.82, 2.24) is 18.8 Å². The van der Waals surface area contributed by atoms with Gasteiger partial charge in [-0.05, 0) is 38.1 Å². The van der Waals surface area contributed by atoms with Crippen molar-refractivity contribution in [1.29, 1.82) is 0 Å². The van der Waals surface area contributed by atoms with Crippen molar-refractivity contribution in [3.63, 3.8) is 0 Å². The molecule has 0 aromatic carbocycles. The van der Waals surface area contributed by atoms with E-state index in [0.29, 0.717) is 0 Å². The highest BCUT2D eigenvalue weighted by atomic mass is 15.0. The van der Waals surface area contributed by atoms with Crippen molar-refractivity contribution < 1.29 is 0 Å². The molecule has 4 aromatic rings. The van der Waals surface area contributed by atoms with Crippen LogP contribution in [0.15, 0.2) is 48.9 Å². The number of rotatable bonds is 1. The molecule has 4 aromatic heterocycles. The van der Waals surface area contributed by atoms with Gasteiger partial charge < -0.3 is 8.80 Å². The van der Waals surface area contributed by atoms with Crippen molar-refractivity contribution in [3.05, 3.63) is 60.3 Å². The summed E-state index contributed by atoms with van der Waals surface area (Å²) in [5.74, 6) is 0. The van der Waals surface area contributed by atoms with Crippen LogP contribution in [0.25, 0.3) is 22.6 Å². The van der Waals surface area contributed by atoms with Crippen LogP contribution in [-0.2, 0) is 0 Å². The van der Waals surface area contributed by atoms with Gasteiger partial charge in [-0.1, -0.05) is 6.07 Å². The van der Waals surface area contributed by atoms with Gasteiger partial charge in [0.2, 0.25) is 0 Å². The van der Waals surface area contributed by atoms with Crippen LogP contribution in [-0.4, -0.2) is 18.8 Å². The van der Waals surface area contributed by atoms with Crippen molar-refractivity contribution in [2.75, 3.05) is 0 Å². The van der Waals surface area contributed by atoms with E-state index in [1.54, 1.807) is 0 Å². The van der Waals surface area contributed by atoms with E-state index in [-0.39, 0.29) is 0 Å². The Morgan fingerprint density at radius 2 is 1.85 bits per heavy atom. The van der Waals surface area contributed by atoms with Crippen LogP contribution in [0.3, 0.4) is 0 Å². The molecule has 20 heavy (non-hydrogen) atoms. The van der Waals surface area contributed by atoms with E-state index >= 15 is 0 Å². The third-order valence-electron chi connectivity index (χ3n) is 3.62. The largest absolute Gasteiger partial charge is 0.307 e. The smallest absolute Gasteiger partial charge is 0.137 e. The summed E-state index contributed by atoms with van der Waals surface area (Å²) in [6.45, 7) is 4.10. The predicted molar refractivity (Wildman–Crippen MR) is 78.9 cm³/mol. The van der Waals surface area contributed by atoms with Gasteiger partial charge in [0.1, 0.15) is 11.3 Å². The first-order chi connectivity index (χ1) is 9.72. The first-order valence-electron chi connectivity index (χ1n) is 6.62. The third-order valence-corrected chi connectivity index (χ3v) is 3.62. The van der Waals surface area contributed by atoms with Crippen LogP contribution >= 0.6 is 0 Å². The molecule has 0 saturated carbocycles. The fourth-order valence-electron chi connectivity index (χ4n) is 2.65.